The zero-order valence-electron chi connectivity index (χ0n) is 12.4. The highest BCUT2D eigenvalue weighted by atomic mass is 32.2. The zero-order valence-corrected chi connectivity index (χ0v) is 13.2. The second-order valence-electron chi connectivity index (χ2n) is 5.87. The van der Waals surface area contributed by atoms with Crippen LogP contribution in [0.4, 0.5) is 0 Å². The van der Waals surface area contributed by atoms with Crippen molar-refractivity contribution in [2.75, 3.05) is 7.11 Å². The molecule has 2 nitrogen and oxygen atoms in total. The molecule has 0 aliphatic carbocycles. The number of hydrogen-bond acceptors (Lipinski definition) is 2. The quantitative estimate of drug-likeness (QED) is 0.668. The molecule has 4 rings (SSSR count). The Morgan fingerprint density at radius 3 is 2.67 bits per heavy atom. The normalized spacial score (nSPS) is 15.6. The van der Waals surface area contributed by atoms with Crippen LogP contribution in [0, 0.1) is 0 Å². The third kappa shape index (κ3) is 1.74. The van der Waals surface area contributed by atoms with Gasteiger partial charge >= 0.3 is 0 Å². The highest BCUT2D eigenvalue weighted by Crippen LogP contribution is 2.56. The molecule has 0 spiro atoms. The summed E-state index contributed by atoms with van der Waals surface area (Å²) in [6.45, 7) is 4.58. The number of aromatic amines is 1. The molecule has 2 aromatic carbocycles. The van der Waals surface area contributed by atoms with E-state index in [0.717, 1.165) is 5.75 Å². The first-order chi connectivity index (χ1) is 10.1. The van der Waals surface area contributed by atoms with Gasteiger partial charge in [-0.2, -0.15) is 0 Å². The van der Waals surface area contributed by atoms with Crippen LogP contribution >= 0.6 is 11.8 Å². The van der Waals surface area contributed by atoms with Crippen LogP contribution in [0.3, 0.4) is 0 Å². The number of nitrogens with one attached hydrogen (secondary N) is 1. The molecule has 0 unspecified atom stereocenters. The second kappa shape index (κ2) is 4.31. The Morgan fingerprint density at radius 2 is 1.86 bits per heavy atom. The Balaban J connectivity index is 2.15. The smallest absolute Gasteiger partial charge is 0.129 e. The molecule has 0 saturated heterocycles. The van der Waals surface area contributed by atoms with Crippen LogP contribution in [0.15, 0.2) is 47.4 Å². The van der Waals surface area contributed by atoms with E-state index in [9.17, 15) is 0 Å². The van der Waals surface area contributed by atoms with Crippen molar-refractivity contribution in [2.45, 2.75) is 23.5 Å². The highest BCUT2D eigenvalue weighted by molar-refractivity contribution is 8.00. The van der Waals surface area contributed by atoms with Crippen molar-refractivity contribution in [3.8, 4) is 17.0 Å². The van der Waals surface area contributed by atoms with Crippen LogP contribution in [0.5, 0.6) is 5.75 Å². The van der Waals surface area contributed by atoms with Crippen molar-refractivity contribution in [1.82, 2.24) is 4.98 Å². The molecule has 0 fully saturated rings. The first-order valence-corrected chi connectivity index (χ1v) is 7.91. The first-order valence-electron chi connectivity index (χ1n) is 7.09. The summed E-state index contributed by atoms with van der Waals surface area (Å²) in [7, 11) is 1.74. The van der Waals surface area contributed by atoms with E-state index >= 15 is 0 Å². The van der Waals surface area contributed by atoms with Gasteiger partial charge in [0.15, 0.2) is 0 Å². The van der Waals surface area contributed by atoms with Crippen LogP contribution in [0.2, 0.25) is 0 Å². The SMILES string of the molecule is COc1cccc2c1-c1[nH]c3ccccc3c1C(C)(C)S2. The molecule has 1 N–H and O–H groups in total. The Bertz CT molecular complexity index is 848. The monoisotopic (exact) mass is 295 g/mol. The summed E-state index contributed by atoms with van der Waals surface area (Å²) < 4.78 is 5.64. The second-order valence-corrected chi connectivity index (χ2v) is 7.53. The lowest BCUT2D eigenvalue weighted by molar-refractivity contribution is 0.415. The third-order valence-corrected chi connectivity index (χ3v) is 5.41. The van der Waals surface area contributed by atoms with E-state index in [0.29, 0.717) is 0 Å². The number of methoxy groups -OCH3 is 1. The van der Waals surface area contributed by atoms with E-state index in [2.05, 4.69) is 55.2 Å². The van der Waals surface area contributed by atoms with Gasteiger partial charge in [0.1, 0.15) is 5.75 Å². The maximum atomic E-state index is 5.60. The molecule has 0 atom stereocenters. The number of ether oxygens (including phenoxy) is 1. The summed E-state index contributed by atoms with van der Waals surface area (Å²) in [5, 5.41) is 1.31. The summed E-state index contributed by atoms with van der Waals surface area (Å²) in [6, 6.07) is 14.8. The molecular weight excluding hydrogens is 278 g/mol. The van der Waals surface area contributed by atoms with Crippen LogP contribution in [-0.2, 0) is 4.75 Å². The van der Waals surface area contributed by atoms with Crippen LogP contribution in [0.25, 0.3) is 22.2 Å². The number of benzene rings is 2. The Labute approximate surface area is 128 Å². The van der Waals surface area contributed by atoms with Crippen molar-refractivity contribution < 1.29 is 4.74 Å². The molecule has 1 aliphatic rings. The maximum Gasteiger partial charge on any atom is 0.129 e. The maximum absolute atomic E-state index is 5.60. The first kappa shape index (κ1) is 12.8. The minimum Gasteiger partial charge on any atom is -0.496 e. The lowest BCUT2D eigenvalue weighted by atomic mass is 9.94. The Kier molecular flexibility index (Phi) is 2.64. The van der Waals surface area contributed by atoms with E-state index in [1.54, 1.807) is 7.11 Å². The van der Waals surface area contributed by atoms with Gasteiger partial charge in [-0.3, -0.25) is 0 Å². The van der Waals surface area contributed by atoms with Gasteiger partial charge in [-0.05, 0) is 32.0 Å². The number of thioether (sulfide) groups is 1. The summed E-state index contributed by atoms with van der Waals surface area (Å²) in [6.07, 6.45) is 0. The average Bonchev–Trinajstić information content (AvgIpc) is 2.86. The van der Waals surface area contributed by atoms with Crippen molar-refractivity contribution in [1.29, 1.82) is 0 Å². The van der Waals surface area contributed by atoms with Crippen LogP contribution in [-0.4, -0.2) is 12.1 Å². The standard InChI is InChI=1S/C18H17NOS/c1-18(2)16-11-7-4-5-8-12(11)19-17(16)15-13(20-3)9-6-10-14(15)21-18/h4-10,19H,1-3H3. The van der Waals surface area contributed by atoms with E-state index in [1.165, 1.54) is 32.6 Å². The van der Waals surface area contributed by atoms with Crippen molar-refractivity contribution in [3.63, 3.8) is 0 Å². The van der Waals surface area contributed by atoms with Gasteiger partial charge in [0.25, 0.3) is 0 Å². The molecule has 1 aromatic heterocycles. The largest absolute Gasteiger partial charge is 0.496 e. The minimum absolute atomic E-state index is 0.0360. The number of rotatable bonds is 1. The van der Waals surface area contributed by atoms with Crippen LogP contribution < -0.4 is 4.74 Å². The average molecular weight is 295 g/mol. The number of aromatic nitrogens is 1. The molecule has 3 aromatic rings. The molecule has 1 aliphatic heterocycles. The van der Waals surface area contributed by atoms with E-state index < -0.39 is 0 Å². The lowest BCUT2D eigenvalue weighted by Crippen LogP contribution is -2.16. The zero-order chi connectivity index (χ0) is 14.6. The number of fused-ring (bicyclic) bond motifs is 5. The molecule has 3 heteroatoms. The van der Waals surface area contributed by atoms with Crippen LogP contribution in [0.1, 0.15) is 19.4 Å². The topological polar surface area (TPSA) is 25.0 Å². The Hall–Kier alpha value is -1.87. The predicted octanol–water partition coefficient (Wildman–Crippen LogP) is 5.18. The fourth-order valence-corrected chi connectivity index (χ4v) is 4.61. The van der Waals surface area contributed by atoms with Crippen molar-refractivity contribution in [2.24, 2.45) is 0 Å². The number of para-hydroxylation sites is 1. The molecule has 0 bridgehead atoms. The van der Waals surface area contributed by atoms with Gasteiger partial charge in [0.2, 0.25) is 0 Å². The highest BCUT2D eigenvalue weighted by Gasteiger charge is 2.36. The van der Waals surface area contributed by atoms with Gasteiger partial charge in [0, 0.05) is 26.1 Å². The van der Waals surface area contributed by atoms with Gasteiger partial charge in [-0.1, -0.05) is 24.3 Å². The number of H-pyrrole nitrogens is 1. The van der Waals surface area contributed by atoms with E-state index in [1.807, 2.05) is 17.8 Å². The fraction of sp³-hybridized carbons (Fsp3) is 0.222. The predicted molar refractivity (Wildman–Crippen MR) is 89.2 cm³/mol. The fourth-order valence-electron chi connectivity index (χ4n) is 3.29. The summed E-state index contributed by atoms with van der Waals surface area (Å²) in [5.74, 6) is 0.934. The molecule has 0 radical (unpaired) electrons. The van der Waals surface area contributed by atoms with E-state index in [-0.39, 0.29) is 4.75 Å². The van der Waals surface area contributed by atoms with Gasteiger partial charge in [-0.25, -0.2) is 0 Å². The van der Waals surface area contributed by atoms with E-state index in [4.69, 9.17) is 4.74 Å². The molecule has 21 heavy (non-hydrogen) atoms. The Morgan fingerprint density at radius 1 is 1.05 bits per heavy atom. The minimum atomic E-state index is 0.0360. The molecule has 0 saturated carbocycles. The van der Waals surface area contributed by atoms with Gasteiger partial charge in [0.05, 0.1) is 18.4 Å². The summed E-state index contributed by atoms with van der Waals surface area (Å²) in [4.78, 5) is 4.89. The molecule has 106 valence electrons. The molecule has 0 amide bonds. The van der Waals surface area contributed by atoms with Gasteiger partial charge in [-0.15, -0.1) is 11.8 Å². The molecular formula is C18H17NOS. The van der Waals surface area contributed by atoms with Crippen molar-refractivity contribution >= 4 is 22.7 Å². The van der Waals surface area contributed by atoms with Crippen molar-refractivity contribution in [3.05, 3.63) is 48.0 Å². The van der Waals surface area contributed by atoms with Gasteiger partial charge < -0.3 is 9.72 Å². The third-order valence-electron chi connectivity index (χ3n) is 4.13. The number of hydrogen-bond donors (Lipinski definition) is 1. The summed E-state index contributed by atoms with van der Waals surface area (Å²) >= 11 is 1.91. The molecule has 2 heterocycles. The summed E-state index contributed by atoms with van der Waals surface area (Å²) in [5.41, 5.74) is 4.96. The lowest BCUT2D eigenvalue weighted by Gasteiger charge is -2.32.